The Morgan fingerprint density at radius 3 is 2.65 bits per heavy atom. The molecule has 1 aromatic rings. The fourth-order valence-corrected chi connectivity index (χ4v) is 2.82. The van der Waals surface area contributed by atoms with Crippen LogP contribution < -0.4 is 10.6 Å². The van der Waals surface area contributed by atoms with Gasteiger partial charge in [0.2, 0.25) is 5.91 Å². The quantitative estimate of drug-likeness (QED) is 0.841. The predicted molar refractivity (Wildman–Crippen MR) is 85.6 cm³/mol. The lowest BCUT2D eigenvalue weighted by Crippen LogP contribution is -2.42. The molecule has 2 N–H and O–H groups in total. The number of hydrogen-bond acceptors (Lipinski definition) is 2. The van der Waals surface area contributed by atoms with Gasteiger partial charge in [0.25, 0.3) is 0 Å². The number of carbonyl (C=O) groups is 1. The van der Waals surface area contributed by atoms with E-state index in [4.69, 9.17) is 23.8 Å². The Bertz CT molecular complexity index is 487. The molecule has 0 aliphatic heterocycles. The molecule has 1 amide bonds. The minimum atomic E-state index is 0.0429. The summed E-state index contributed by atoms with van der Waals surface area (Å²) in [7, 11) is 0. The van der Waals surface area contributed by atoms with Crippen molar-refractivity contribution in [2.24, 2.45) is 5.92 Å². The first-order valence-corrected chi connectivity index (χ1v) is 7.77. The molecule has 0 aromatic heterocycles. The molecule has 20 heavy (non-hydrogen) atoms. The van der Waals surface area contributed by atoms with E-state index >= 15 is 0 Å². The molecule has 108 valence electrons. The number of amides is 1. The van der Waals surface area contributed by atoms with Gasteiger partial charge >= 0.3 is 0 Å². The maximum absolute atomic E-state index is 12.0. The third-order valence-corrected chi connectivity index (χ3v) is 4.23. The average molecular weight is 311 g/mol. The van der Waals surface area contributed by atoms with Crippen molar-refractivity contribution in [3.63, 3.8) is 0 Å². The zero-order chi connectivity index (χ0) is 14.4. The van der Waals surface area contributed by atoms with Crippen molar-refractivity contribution in [2.75, 3.05) is 0 Å². The van der Waals surface area contributed by atoms with Gasteiger partial charge in [-0.2, -0.15) is 0 Å². The van der Waals surface area contributed by atoms with Crippen LogP contribution in [0, 0.1) is 5.92 Å². The van der Waals surface area contributed by atoms with Crippen molar-refractivity contribution in [1.29, 1.82) is 0 Å². The molecule has 0 unspecified atom stereocenters. The molecule has 0 saturated heterocycles. The maximum atomic E-state index is 12.0. The highest BCUT2D eigenvalue weighted by Crippen LogP contribution is 2.23. The minimum Gasteiger partial charge on any atom is -0.358 e. The first-order valence-electron chi connectivity index (χ1n) is 6.99. The van der Waals surface area contributed by atoms with E-state index in [1.807, 2.05) is 24.3 Å². The van der Waals surface area contributed by atoms with E-state index in [1.54, 1.807) is 0 Å². The second kappa shape index (κ2) is 7.60. The summed E-state index contributed by atoms with van der Waals surface area (Å²) in [6.07, 6.45) is 5.45. The van der Waals surface area contributed by atoms with E-state index in [-0.39, 0.29) is 11.8 Å². The van der Waals surface area contributed by atoms with Crippen molar-refractivity contribution in [3.8, 4) is 0 Å². The van der Waals surface area contributed by atoms with Crippen molar-refractivity contribution in [3.05, 3.63) is 34.9 Å². The van der Waals surface area contributed by atoms with E-state index in [9.17, 15) is 4.79 Å². The lowest BCUT2D eigenvalue weighted by Gasteiger charge is -2.21. The van der Waals surface area contributed by atoms with Crippen LogP contribution in [0.2, 0.25) is 5.02 Å². The van der Waals surface area contributed by atoms with Gasteiger partial charge in [-0.05, 0) is 36.7 Å². The first-order chi connectivity index (χ1) is 9.66. The molecular weight excluding hydrogens is 292 g/mol. The highest BCUT2D eigenvalue weighted by molar-refractivity contribution is 7.80. The topological polar surface area (TPSA) is 41.1 Å². The van der Waals surface area contributed by atoms with E-state index < -0.39 is 0 Å². The Kier molecular flexibility index (Phi) is 5.80. The summed E-state index contributed by atoms with van der Waals surface area (Å²) in [5.74, 6) is 0.158. The molecule has 1 aliphatic rings. The zero-order valence-electron chi connectivity index (χ0n) is 11.3. The van der Waals surface area contributed by atoms with Crippen LogP contribution in [0.4, 0.5) is 0 Å². The number of hydrogen-bond donors (Lipinski definition) is 2. The summed E-state index contributed by atoms with van der Waals surface area (Å²) >= 11 is 11.2. The first kappa shape index (κ1) is 15.3. The van der Waals surface area contributed by atoms with Crippen LogP contribution in [0.15, 0.2) is 24.3 Å². The molecule has 2 rings (SSSR count). The standard InChI is InChI=1S/C15H19ClN2OS/c16-13-9-5-4-8-12(13)10-17-15(20)18-14(19)11-6-2-1-3-7-11/h4-5,8-9,11H,1-3,6-7,10H2,(H2,17,18,19,20). The van der Waals surface area contributed by atoms with E-state index in [2.05, 4.69) is 10.6 Å². The molecule has 0 bridgehead atoms. The summed E-state index contributed by atoms with van der Waals surface area (Å²) in [6, 6.07) is 7.57. The molecule has 3 nitrogen and oxygen atoms in total. The summed E-state index contributed by atoms with van der Waals surface area (Å²) in [4.78, 5) is 12.0. The molecule has 0 radical (unpaired) electrons. The van der Waals surface area contributed by atoms with Gasteiger partial charge in [-0.3, -0.25) is 4.79 Å². The van der Waals surface area contributed by atoms with Crippen LogP contribution in [-0.2, 0) is 11.3 Å². The van der Waals surface area contributed by atoms with Crippen molar-refractivity contribution in [1.82, 2.24) is 10.6 Å². The highest BCUT2D eigenvalue weighted by atomic mass is 35.5. The van der Waals surface area contributed by atoms with Crippen LogP contribution in [-0.4, -0.2) is 11.0 Å². The van der Waals surface area contributed by atoms with Crippen molar-refractivity contribution < 1.29 is 4.79 Å². The third kappa shape index (κ3) is 4.46. The fraction of sp³-hybridized carbons (Fsp3) is 0.467. The number of thiocarbonyl (C=S) groups is 1. The van der Waals surface area contributed by atoms with Crippen LogP contribution in [0.1, 0.15) is 37.7 Å². The second-order valence-corrected chi connectivity index (χ2v) is 5.91. The molecular formula is C15H19ClN2OS. The predicted octanol–water partition coefficient (Wildman–Crippen LogP) is 3.41. The highest BCUT2D eigenvalue weighted by Gasteiger charge is 2.21. The smallest absolute Gasteiger partial charge is 0.229 e. The summed E-state index contributed by atoms with van der Waals surface area (Å²) < 4.78 is 0. The normalized spacial score (nSPS) is 15.7. The Labute approximate surface area is 130 Å². The van der Waals surface area contributed by atoms with E-state index in [1.165, 1.54) is 6.42 Å². The van der Waals surface area contributed by atoms with Gasteiger partial charge < -0.3 is 10.6 Å². The van der Waals surface area contributed by atoms with Crippen LogP contribution in [0.25, 0.3) is 0 Å². The molecule has 5 heteroatoms. The fourth-order valence-electron chi connectivity index (χ4n) is 2.44. The van der Waals surface area contributed by atoms with Crippen molar-refractivity contribution in [2.45, 2.75) is 38.6 Å². The maximum Gasteiger partial charge on any atom is 0.229 e. The van der Waals surface area contributed by atoms with Gasteiger partial charge in [0.05, 0.1) is 0 Å². The molecule has 0 spiro atoms. The lowest BCUT2D eigenvalue weighted by atomic mass is 9.89. The van der Waals surface area contributed by atoms with Crippen LogP contribution in [0.5, 0.6) is 0 Å². The van der Waals surface area contributed by atoms with E-state index in [0.717, 1.165) is 31.2 Å². The average Bonchev–Trinajstić information content (AvgIpc) is 2.47. The molecule has 1 saturated carbocycles. The molecule has 1 fully saturated rings. The monoisotopic (exact) mass is 310 g/mol. The van der Waals surface area contributed by atoms with Gasteiger partial charge in [-0.15, -0.1) is 0 Å². The molecule has 1 aromatic carbocycles. The Morgan fingerprint density at radius 2 is 1.95 bits per heavy atom. The number of halogens is 1. The lowest BCUT2D eigenvalue weighted by molar-refractivity contribution is -0.124. The van der Waals surface area contributed by atoms with Gasteiger partial charge in [-0.1, -0.05) is 49.1 Å². The van der Waals surface area contributed by atoms with Gasteiger partial charge in [0.15, 0.2) is 5.11 Å². The van der Waals surface area contributed by atoms with Crippen LogP contribution in [0.3, 0.4) is 0 Å². The summed E-state index contributed by atoms with van der Waals surface area (Å²) in [6.45, 7) is 0.517. The van der Waals surface area contributed by atoms with E-state index in [0.29, 0.717) is 16.7 Å². The number of nitrogens with one attached hydrogen (secondary N) is 2. The zero-order valence-corrected chi connectivity index (χ0v) is 12.9. The summed E-state index contributed by atoms with van der Waals surface area (Å²) in [5, 5.41) is 6.87. The number of carbonyl (C=O) groups excluding carboxylic acids is 1. The Morgan fingerprint density at radius 1 is 1.25 bits per heavy atom. The molecule has 0 heterocycles. The SMILES string of the molecule is O=C(NC(=S)NCc1ccccc1Cl)C1CCCCC1. The summed E-state index contributed by atoms with van der Waals surface area (Å²) in [5.41, 5.74) is 0.962. The van der Waals surface area contributed by atoms with Crippen LogP contribution >= 0.6 is 23.8 Å². The number of rotatable bonds is 3. The number of benzene rings is 1. The largest absolute Gasteiger partial charge is 0.358 e. The van der Waals surface area contributed by atoms with Gasteiger partial charge in [0.1, 0.15) is 0 Å². The Hall–Kier alpha value is -1.13. The van der Waals surface area contributed by atoms with Gasteiger partial charge in [-0.25, -0.2) is 0 Å². The molecule has 0 atom stereocenters. The third-order valence-electron chi connectivity index (χ3n) is 3.61. The van der Waals surface area contributed by atoms with Crippen molar-refractivity contribution >= 4 is 34.8 Å². The minimum absolute atomic E-state index is 0.0429. The molecule has 1 aliphatic carbocycles. The van der Waals surface area contributed by atoms with Gasteiger partial charge in [0, 0.05) is 17.5 Å². The Balaban J connectivity index is 1.77. The second-order valence-electron chi connectivity index (χ2n) is 5.10.